The first kappa shape index (κ1) is 31.9. The predicted molar refractivity (Wildman–Crippen MR) is 230 cm³/mol. The Bertz CT molecular complexity index is 3210. The van der Waals surface area contributed by atoms with Crippen LogP contribution in [-0.2, 0) is 0 Å². The third-order valence-corrected chi connectivity index (χ3v) is 10.7. The van der Waals surface area contributed by atoms with Gasteiger partial charge >= 0.3 is 0 Å². The maximum Gasteiger partial charge on any atom is 0.164 e. The van der Waals surface area contributed by atoms with Crippen LogP contribution in [0.3, 0.4) is 0 Å². The third-order valence-electron chi connectivity index (χ3n) is 10.7. The summed E-state index contributed by atoms with van der Waals surface area (Å²) in [5.74, 6) is 1.86. The van der Waals surface area contributed by atoms with Crippen molar-refractivity contribution in [2.75, 3.05) is 0 Å². The SMILES string of the molecule is c1ccc(-c2ccc3ccc4c5ccccc5nc(-c5ccc(-c6nc(-c7ccc8ccccc8c7)nc(-c7ccc8ccccc8c7)n6)cc5)c4c3n2)cc1. The summed E-state index contributed by atoms with van der Waals surface area (Å²) in [6, 6.07) is 65.2. The summed E-state index contributed by atoms with van der Waals surface area (Å²) in [6.45, 7) is 0. The van der Waals surface area contributed by atoms with E-state index in [9.17, 15) is 0 Å². The Morgan fingerprint density at radius 3 is 1.48 bits per heavy atom. The molecule has 3 heterocycles. The van der Waals surface area contributed by atoms with Crippen LogP contribution in [0.25, 0.3) is 111 Å². The van der Waals surface area contributed by atoms with Crippen LogP contribution in [0.4, 0.5) is 0 Å². The van der Waals surface area contributed by atoms with Crippen molar-refractivity contribution in [3.63, 3.8) is 0 Å². The molecule has 0 atom stereocenters. The van der Waals surface area contributed by atoms with Crippen LogP contribution in [0, 0.1) is 0 Å². The highest BCUT2D eigenvalue weighted by Gasteiger charge is 2.17. The Morgan fingerprint density at radius 1 is 0.286 bits per heavy atom. The van der Waals surface area contributed by atoms with E-state index < -0.39 is 0 Å². The molecule has 0 amide bonds. The Balaban J connectivity index is 1.08. The minimum Gasteiger partial charge on any atom is -0.247 e. The third kappa shape index (κ3) is 5.53. The van der Waals surface area contributed by atoms with Gasteiger partial charge < -0.3 is 0 Å². The van der Waals surface area contributed by atoms with E-state index in [1.165, 1.54) is 10.8 Å². The number of nitrogens with zero attached hydrogens (tertiary/aromatic N) is 5. The molecule has 8 aromatic carbocycles. The minimum atomic E-state index is 0.605. The van der Waals surface area contributed by atoms with Gasteiger partial charge in [0.25, 0.3) is 0 Å². The number of hydrogen-bond donors (Lipinski definition) is 0. The second kappa shape index (κ2) is 13.0. The van der Waals surface area contributed by atoms with Gasteiger partial charge in [0.1, 0.15) is 0 Å². The van der Waals surface area contributed by atoms with Crippen molar-refractivity contribution in [1.82, 2.24) is 24.9 Å². The van der Waals surface area contributed by atoms with Gasteiger partial charge in [-0.25, -0.2) is 24.9 Å². The first-order valence-corrected chi connectivity index (χ1v) is 18.7. The highest BCUT2D eigenvalue weighted by atomic mass is 15.0. The van der Waals surface area contributed by atoms with E-state index >= 15 is 0 Å². The summed E-state index contributed by atoms with van der Waals surface area (Å²) in [6.07, 6.45) is 0. The number of pyridine rings is 2. The van der Waals surface area contributed by atoms with Crippen LogP contribution in [-0.4, -0.2) is 24.9 Å². The Morgan fingerprint density at radius 2 is 0.804 bits per heavy atom. The number of rotatable bonds is 5. The van der Waals surface area contributed by atoms with Crippen LogP contribution in [0.15, 0.2) is 188 Å². The molecular weight excluding hydrogens is 683 g/mol. The lowest BCUT2D eigenvalue weighted by atomic mass is 9.96. The monoisotopic (exact) mass is 713 g/mol. The lowest BCUT2D eigenvalue weighted by Crippen LogP contribution is -2.00. The molecule has 0 aliphatic carbocycles. The number of hydrogen-bond acceptors (Lipinski definition) is 5. The lowest BCUT2D eigenvalue weighted by Gasteiger charge is -2.14. The van der Waals surface area contributed by atoms with Gasteiger partial charge in [0.2, 0.25) is 0 Å². The summed E-state index contributed by atoms with van der Waals surface area (Å²) in [4.78, 5) is 25.8. The van der Waals surface area contributed by atoms with Gasteiger partial charge in [-0.2, -0.15) is 0 Å². The normalized spacial score (nSPS) is 11.6. The lowest BCUT2D eigenvalue weighted by molar-refractivity contribution is 1.08. The van der Waals surface area contributed by atoms with E-state index in [0.717, 1.165) is 82.6 Å². The molecule has 0 radical (unpaired) electrons. The first-order chi connectivity index (χ1) is 27.7. The van der Waals surface area contributed by atoms with E-state index in [2.05, 4.69) is 176 Å². The second-order valence-electron chi connectivity index (χ2n) is 14.1. The van der Waals surface area contributed by atoms with Crippen molar-refractivity contribution in [3.8, 4) is 56.7 Å². The van der Waals surface area contributed by atoms with Crippen LogP contribution in [0.5, 0.6) is 0 Å². The molecule has 3 aromatic heterocycles. The van der Waals surface area contributed by atoms with Gasteiger partial charge in [-0.05, 0) is 51.2 Å². The van der Waals surface area contributed by atoms with E-state index in [1.807, 2.05) is 12.1 Å². The van der Waals surface area contributed by atoms with Crippen molar-refractivity contribution in [1.29, 1.82) is 0 Å². The number of aromatic nitrogens is 5. The molecule has 0 saturated heterocycles. The van der Waals surface area contributed by atoms with Crippen molar-refractivity contribution in [3.05, 3.63) is 188 Å². The van der Waals surface area contributed by atoms with E-state index in [4.69, 9.17) is 24.9 Å². The smallest absolute Gasteiger partial charge is 0.164 e. The topological polar surface area (TPSA) is 64.5 Å². The average molecular weight is 714 g/mol. The number of para-hydroxylation sites is 1. The first-order valence-electron chi connectivity index (χ1n) is 18.7. The van der Waals surface area contributed by atoms with Crippen LogP contribution < -0.4 is 0 Å². The van der Waals surface area contributed by atoms with Crippen LogP contribution in [0.1, 0.15) is 0 Å². The van der Waals surface area contributed by atoms with Gasteiger partial charge in [0, 0.05) is 44.0 Å². The molecule has 0 aliphatic heterocycles. The quantitative estimate of drug-likeness (QED) is 0.166. The van der Waals surface area contributed by atoms with Crippen LogP contribution in [0.2, 0.25) is 0 Å². The molecule has 260 valence electrons. The van der Waals surface area contributed by atoms with Crippen molar-refractivity contribution >= 4 is 54.1 Å². The molecule has 0 bridgehead atoms. The minimum absolute atomic E-state index is 0.605. The fourth-order valence-corrected chi connectivity index (χ4v) is 7.80. The van der Waals surface area contributed by atoms with Crippen molar-refractivity contribution in [2.45, 2.75) is 0 Å². The maximum atomic E-state index is 5.30. The van der Waals surface area contributed by atoms with Gasteiger partial charge in [-0.3, -0.25) is 0 Å². The predicted octanol–water partition coefficient (Wildman–Crippen LogP) is 12.8. The van der Waals surface area contributed by atoms with Gasteiger partial charge in [0.05, 0.1) is 22.4 Å². The Labute approximate surface area is 322 Å². The van der Waals surface area contributed by atoms with E-state index in [-0.39, 0.29) is 0 Å². The Kier molecular flexibility index (Phi) is 7.42. The summed E-state index contributed by atoms with van der Waals surface area (Å²) in [5.41, 5.74) is 8.52. The summed E-state index contributed by atoms with van der Waals surface area (Å²) in [7, 11) is 0. The summed E-state index contributed by atoms with van der Waals surface area (Å²) < 4.78 is 0. The fraction of sp³-hybridized carbons (Fsp3) is 0. The molecular formula is C51H31N5. The van der Waals surface area contributed by atoms with Gasteiger partial charge in [-0.15, -0.1) is 0 Å². The van der Waals surface area contributed by atoms with Crippen molar-refractivity contribution in [2.24, 2.45) is 0 Å². The van der Waals surface area contributed by atoms with E-state index in [1.54, 1.807) is 0 Å². The molecule has 0 N–H and O–H groups in total. The highest BCUT2D eigenvalue weighted by molar-refractivity contribution is 6.20. The molecule has 0 fully saturated rings. The molecule has 11 aromatic rings. The van der Waals surface area contributed by atoms with Crippen LogP contribution >= 0.6 is 0 Å². The Hall–Kier alpha value is -7.63. The molecule has 5 heteroatoms. The van der Waals surface area contributed by atoms with Gasteiger partial charge in [0.15, 0.2) is 17.5 Å². The van der Waals surface area contributed by atoms with E-state index in [0.29, 0.717) is 17.5 Å². The summed E-state index contributed by atoms with van der Waals surface area (Å²) in [5, 5.41) is 8.94. The second-order valence-corrected chi connectivity index (χ2v) is 14.1. The largest absolute Gasteiger partial charge is 0.247 e. The molecule has 0 aliphatic rings. The zero-order valence-electron chi connectivity index (χ0n) is 30.1. The number of fused-ring (bicyclic) bond motifs is 7. The molecule has 56 heavy (non-hydrogen) atoms. The standard InChI is InChI=1S/C51H31N5/c1-2-12-34(13-3-1)44-29-27-36-26-28-43-42-16-8-9-17-45(42)53-48(46(43)47(36)52-44)35-20-22-37(23-21-35)49-54-50(40-24-18-32-10-4-6-14-38(32)30-40)56-51(55-49)41-25-19-33-11-5-7-15-39(33)31-41/h1-31H. The molecule has 0 spiro atoms. The zero-order valence-corrected chi connectivity index (χ0v) is 30.1. The molecule has 5 nitrogen and oxygen atoms in total. The highest BCUT2D eigenvalue weighted by Crippen LogP contribution is 2.38. The fourth-order valence-electron chi connectivity index (χ4n) is 7.80. The summed E-state index contributed by atoms with van der Waals surface area (Å²) >= 11 is 0. The zero-order chi connectivity index (χ0) is 37.0. The maximum absolute atomic E-state index is 5.30. The van der Waals surface area contributed by atoms with Crippen molar-refractivity contribution < 1.29 is 0 Å². The average Bonchev–Trinajstić information content (AvgIpc) is 3.28. The molecule has 0 unspecified atom stereocenters. The molecule has 0 saturated carbocycles. The van der Waals surface area contributed by atoms with Gasteiger partial charge in [-0.1, -0.05) is 164 Å². The number of benzene rings is 8. The molecule has 11 rings (SSSR count).